The van der Waals surface area contributed by atoms with Crippen LogP contribution in [0.25, 0.3) is 6.08 Å². The van der Waals surface area contributed by atoms with Crippen molar-refractivity contribution in [3.63, 3.8) is 0 Å². The lowest BCUT2D eigenvalue weighted by molar-refractivity contribution is -0.384. The monoisotopic (exact) mass is 339 g/mol. The third-order valence-electron chi connectivity index (χ3n) is 3.22. The molecule has 0 aliphatic carbocycles. The number of carbonyl (C=O) groups is 2. The van der Waals surface area contributed by atoms with Crippen LogP contribution in [0.4, 0.5) is 11.4 Å². The zero-order valence-corrected chi connectivity index (χ0v) is 13.8. The summed E-state index contributed by atoms with van der Waals surface area (Å²) in [6, 6.07) is 13.0. The Hall–Kier alpha value is -3.48. The Kier molecular flexibility index (Phi) is 5.62. The first-order chi connectivity index (χ1) is 11.8. The van der Waals surface area contributed by atoms with Gasteiger partial charge in [0.05, 0.1) is 4.92 Å². The summed E-state index contributed by atoms with van der Waals surface area (Å²) >= 11 is 0. The number of hydrogen-bond acceptors (Lipinski definition) is 4. The van der Waals surface area contributed by atoms with Crippen molar-refractivity contribution in [2.45, 2.75) is 13.8 Å². The number of non-ortho nitro benzene ring substituents is 1. The molecule has 0 saturated heterocycles. The van der Waals surface area contributed by atoms with Crippen LogP contribution >= 0.6 is 0 Å². The maximum Gasteiger partial charge on any atom is 0.272 e. The van der Waals surface area contributed by atoms with E-state index in [1.807, 2.05) is 13.0 Å². The molecule has 0 radical (unpaired) electrons. The van der Waals surface area contributed by atoms with E-state index in [-0.39, 0.29) is 11.4 Å². The van der Waals surface area contributed by atoms with Crippen molar-refractivity contribution >= 4 is 29.3 Å². The molecule has 0 spiro atoms. The van der Waals surface area contributed by atoms with Crippen LogP contribution in [0.15, 0.2) is 54.2 Å². The Morgan fingerprint density at radius 2 is 1.84 bits per heavy atom. The zero-order valence-electron chi connectivity index (χ0n) is 13.8. The topological polar surface area (TPSA) is 101 Å². The van der Waals surface area contributed by atoms with E-state index in [9.17, 15) is 19.7 Å². The average Bonchev–Trinajstić information content (AvgIpc) is 2.54. The Balaban J connectivity index is 2.31. The van der Waals surface area contributed by atoms with Crippen molar-refractivity contribution in [3.05, 3.63) is 75.5 Å². The highest BCUT2D eigenvalue weighted by molar-refractivity contribution is 6.08. The quantitative estimate of drug-likeness (QED) is 0.496. The van der Waals surface area contributed by atoms with E-state index in [1.165, 1.54) is 31.2 Å². The highest BCUT2D eigenvalue weighted by Crippen LogP contribution is 2.16. The lowest BCUT2D eigenvalue weighted by Crippen LogP contribution is -2.28. The molecule has 7 heteroatoms. The van der Waals surface area contributed by atoms with Gasteiger partial charge in [-0.3, -0.25) is 19.7 Å². The van der Waals surface area contributed by atoms with Gasteiger partial charge < -0.3 is 10.6 Å². The lowest BCUT2D eigenvalue weighted by Gasteiger charge is -2.10. The number of carbonyl (C=O) groups excluding carboxylic acids is 2. The van der Waals surface area contributed by atoms with Crippen molar-refractivity contribution in [2.24, 2.45) is 0 Å². The van der Waals surface area contributed by atoms with Crippen molar-refractivity contribution in [3.8, 4) is 0 Å². The molecule has 128 valence electrons. The second kappa shape index (κ2) is 7.87. The number of rotatable bonds is 5. The molecular weight excluding hydrogens is 322 g/mol. The Morgan fingerprint density at radius 1 is 1.12 bits per heavy atom. The molecule has 0 bridgehead atoms. The number of anilines is 1. The van der Waals surface area contributed by atoms with E-state index >= 15 is 0 Å². The van der Waals surface area contributed by atoms with Crippen LogP contribution in [-0.2, 0) is 9.59 Å². The summed E-state index contributed by atoms with van der Waals surface area (Å²) in [4.78, 5) is 34.2. The first-order valence-corrected chi connectivity index (χ1v) is 7.47. The molecule has 7 nitrogen and oxygen atoms in total. The van der Waals surface area contributed by atoms with Gasteiger partial charge in [0.15, 0.2) is 0 Å². The second-order valence-corrected chi connectivity index (χ2v) is 5.41. The first-order valence-electron chi connectivity index (χ1n) is 7.47. The van der Waals surface area contributed by atoms with Crippen LogP contribution in [0.5, 0.6) is 0 Å². The molecule has 2 aromatic carbocycles. The molecule has 0 fully saturated rings. The molecule has 0 unspecified atom stereocenters. The van der Waals surface area contributed by atoms with Crippen molar-refractivity contribution in [2.75, 3.05) is 5.32 Å². The number of nitro groups is 1. The van der Waals surface area contributed by atoms with Crippen LogP contribution in [-0.4, -0.2) is 16.7 Å². The van der Waals surface area contributed by atoms with Crippen LogP contribution in [0.3, 0.4) is 0 Å². The fourth-order valence-corrected chi connectivity index (χ4v) is 2.16. The minimum absolute atomic E-state index is 0.00509. The molecule has 0 atom stereocenters. The molecule has 0 heterocycles. The van der Waals surface area contributed by atoms with E-state index in [0.717, 1.165) is 5.56 Å². The van der Waals surface area contributed by atoms with Gasteiger partial charge in [-0.2, -0.15) is 0 Å². The molecule has 0 aliphatic heterocycles. The van der Waals surface area contributed by atoms with Crippen molar-refractivity contribution < 1.29 is 14.5 Å². The lowest BCUT2D eigenvalue weighted by atomic mass is 10.1. The van der Waals surface area contributed by atoms with Crippen LogP contribution in [0, 0.1) is 17.0 Å². The molecule has 25 heavy (non-hydrogen) atoms. The molecule has 2 aromatic rings. The number of aryl methyl sites for hydroxylation is 1. The number of benzene rings is 2. The number of nitrogens with one attached hydrogen (secondary N) is 2. The summed E-state index contributed by atoms with van der Waals surface area (Å²) in [5.74, 6) is -0.941. The van der Waals surface area contributed by atoms with Crippen LogP contribution < -0.4 is 10.6 Å². The number of nitro benzene ring substituents is 1. The number of hydrogen-bond donors (Lipinski definition) is 2. The van der Waals surface area contributed by atoms with Gasteiger partial charge in [-0.05, 0) is 36.3 Å². The zero-order chi connectivity index (χ0) is 18.4. The van der Waals surface area contributed by atoms with E-state index in [1.54, 1.807) is 24.3 Å². The normalized spacial score (nSPS) is 10.9. The van der Waals surface area contributed by atoms with E-state index in [2.05, 4.69) is 10.6 Å². The number of amides is 2. The summed E-state index contributed by atoms with van der Waals surface area (Å²) in [5.41, 5.74) is 1.88. The maximum atomic E-state index is 12.5. The Bertz CT molecular complexity index is 859. The van der Waals surface area contributed by atoms with E-state index in [0.29, 0.717) is 11.3 Å². The van der Waals surface area contributed by atoms with Crippen molar-refractivity contribution in [1.82, 2.24) is 5.32 Å². The summed E-state index contributed by atoms with van der Waals surface area (Å²) in [6.07, 6.45) is 1.39. The fourth-order valence-electron chi connectivity index (χ4n) is 2.16. The highest BCUT2D eigenvalue weighted by Gasteiger charge is 2.13. The largest absolute Gasteiger partial charge is 0.322 e. The highest BCUT2D eigenvalue weighted by atomic mass is 16.6. The minimum atomic E-state index is -0.526. The van der Waals surface area contributed by atoms with Crippen LogP contribution in [0.1, 0.15) is 18.1 Å². The van der Waals surface area contributed by atoms with Crippen molar-refractivity contribution in [1.29, 1.82) is 0 Å². The van der Waals surface area contributed by atoms with Gasteiger partial charge in [0.1, 0.15) is 5.70 Å². The summed E-state index contributed by atoms with van der Waals surface area (Å²) in [6.45, 7) is 3.17. The molecule has 2 rings (SSSR count). The molecule has 2 N–H and O–H groups in total. The standard InChI is InChI=1S/C18H17N3O4/c1-12-5-3-7-15(9-12)20-18(23)17(19-13(2)22)11-14-6-4-8-16(10-14)21(24)25/h3-11H,1-2H3,(H,19,22)(H,20,23)/b17-11-. The second-order valence-electron chi connectivity index (χ2n) is 5.41. The summed E-state index contributed by atoms with van der Waals surface area (Å²) < 4.78 is 0. The molecule has 0 aromatic heterocycles. The molecule has 0 saturated carbocycles. The summed E-state index contributed by atoms with van der Waals surface area (Å²) in [7, 11) is 0. The van der Waals surface area contributed by atoms with Gasteiger partial charge in [-0.1, -0.05) is 24.3 Å². The maximum absolute atomic E-state index is 12.5. The van der Waals surface area contributed by atoms with E-state index < -0.39 is 16.7 Å². The van der Waals surface area contributed by atoms with Gasteiger partial charge in [-0.15, -0.1) is 0 Å². The predicted molar refractivity (Wildman–Crippen MR) is 94.7 cm³/mol. The minimum Gasteiger partial charge on any atom is -0.322 e. The number of nitrogens with zero attached hydrogens (tertiary/aromatic N) is 1. The fraction of sp³-hybridized carbons (Fsp3) is 0.111. The third-order valence-corrected chi connectivity index (χ3v) is 3.22. The Morgan fingerprint density at radius 3 is 2.48 bits per heavy atom. The average molecular weight is 339 g/mol. The van der Waals surface area contributed by atoms with E-state index in [4.69, 9.17) is 0 Å². The Labute approximate surface area is 144 Å². The van der Waals surface area contributed by atoms with Gasteiger partial charge in [0.2, 0.25) is 5.91 Å². The van der Waals surface area contributed by atoms with Gasteiger partial charge in [-0.25, -0.2) is 0 Å². The van der Waals surface area contributed by atoms with Gasteiger partial charge in [0.25, 0.3) is 11.6 Å². The van der Waals surface area contributed by atoms with Crippen LogP contribution in [0.2, 0.25) is 0 Å². The smallest absolute Gasteiger partial charge is 0.272 e. The molecule has 0 aliphatic rings. The third kappa shape index (κ3) is 5.28. The first kappa shape index (κ1) is 17.9. The molecule has 2 amide bonds. The van der Waals surface area contributed by atoms with Gasteiger partial charge >= 0.3 is 0 Å². The predicted octanol–water partition coefficient (Wildman–Crippen LogP) is 3.02. The van der Waals surface area contributed by atoms with Gasteiger partial charge in [0, 0.05) is 24.7 Å². The summed E-state index contributed by atoms with van der Waals surface area (Å²) in [5, 5.41) is 16.0. The SMILES string of the molecule is CC(=O)N/C(=C\c1cccc([N+](=O)[O-])c1)C(=O)Nc1cccc(C)c1. The molecular formula is C18H17N3O4.